The van der Waals surface area contributed by atoms with Crippen molar-refractivity contribution in [1.82, 2.24) is 25.0 Å². The predicted octanol–water partition coefficient (Wildman–Crippen LogP) is -1.04. The Morgan fingerprint density at radius 1 is 1.29 bits per heavy atom. The number of pyridine rings is 1. The van der Waals surface area contributed by atoms with Gasteiger partial charge in [-0.2, -0.15) is 0 Å². The molecular weight excluding hydrogens is 556 g/mol. The van der Waals surface area contributed by atoms with Crippen LogP contribution in [0.15, 0.2) is 32.8 Å². The van der Waals surface area contributed by atoms with Crippen molar-refractivity contribution >= 4 is 75.8 Å². The van der Waals surface area contributed by atoms with Gasteiger partial charge in [-0.3, -0.25) is 19.3 Å². The van der Waals surface area contributed by atoms with E-state index in [1.54, 1.807) is 0 Å². The molecule has 0 saturated carbocycles. The zero-order chi connectivity index (χ0) is 23.9. The Morgan fingerprint density at radius 3 is 2.56 bits per heavy atom. The van der Waals surface area contributed by atoms with Gasteiger partial charge in [0.2, 0.25) is 11.3 Å². The molecule has 34 heavy (non-hydrogen) atoms. The van der Waals surface area contributed by atoms with Crippen molar-refractivity contribution in [3.8, 4) is 0 Å². The summed E-state index contributed by atoms with van der Waals surface area (Å²) < 4.78 is 2.06. The van der Waals surface area contributed by atoms with Crippen LogP contribution in [-0.2, 0) is 20.9 Å². The number of carbonyl (C=O) groups is 3. The molecule has 2 amide bonds. The van der Waals surface area contributed by atoms with E-state index in [0.717, 1.165) is 9.35 Å². The number of thioether (sulfide) groups is 2. The fraction of sp³-hybridized carbons (Fsp3) is 0.333. The number of carboxylic acid groups (broad SMARTS) is 1. The molecule has 0 unspecified atom stereocenters. The van der Waals surface area contributed by atoms with E-state index in [-0.39, 0.29) is 53.3 Å². The minimum Gasteiger partial charge on any atom is -1.00 e. The molecule has 2 aromatic heterocycles. The topological polar surface area (TPSA) is 134 Å². The maximum absolute atomic E-state index is 12.8. The van der Waals surface area contributed by atoms with Gasteiger partial charge in [0.25, 0.3) is 5.91 Å². The van der Waals surface area contributed by atoms with E-state index in [9.17, 15) is 24.3 Å². The van der Waals surface area contributed by atoms with E-state index in [4.69, 9.17) is 23.2 Å². The van der Waals surface area contributed by atoms with Crippen molar-refractivity contribution < 1.29 is 50.5 Å². The molecular formula is C18H16Cl2N5NaO5S3. The molecule has 0 spiro atoms. The number of aliphatic carboxylic acids is 1. The van der Waals surface area contributed by atoms with Gasteiger partial charge in [-0.1, -0.05) is 46.3 Å². The molecule has 4 heterocycles. The Hall–Kier alpha value is -1.06. The van der Waals surface area contributed by atoms with E-state index in [0.29, 0.717) is 17.1 Å². The largest absolute Gasteiger partial charge is 1.00 e. The Bertz CT molecular complexity index is 1230. The normalized spacial score (nSPS) is 19.3. The van der Waals surface area contributed by atoms with Gasteiger partial charge in [0.05, 0.1) is 0 Å². The molecule has 2 N–H and O–H groups in total. The quantitative estimate of drug-likeness (QED) is 0.243. The van der Waals surface area contributed by atoms with Crippen molar-refractivity contribution in [2.45, 2.75) is 29.2 Å². The molecule has 1 fully saturated rings. The van der Waals surface area contributed by atoms with Crippen LogP contribution in [0.3, 0.4) is 0 Å². The molecule has 16 heteroatoms. The number of fused-ring (bicyclic) bond motifs is 1. The first-order valence-corrected chi connectivity index (χ1v) is 12.9. The molecule has 176 valence electrons. The van der Waals surface area contributed by atoms with Gasteiger partial charge in [0.15, 0.2) is 4.34 Å². The Balaban J connectivity index is 0.00000216. The first-order valence-electron chi connectivity index (χ1n) is 9.33. The van der Waals surface area contributed by atoms with Crippen LogP contribution in [-0.4, -0.2) is 65.5 Å². The number of hydrogen-bond acceptors (Lipinski definition) is 9. The smallest absolute Gasteiger partial charge is 1.00 e. The van der Waals surface area contributed by atoms with Crippen LogP contribution in [0.5, 0.6) is 0 Å². The number of β-lactam (4-membered cyclic amide) rings is 1. The van der Waals surface area contributed by atoms with Crippen molar-refractivity contribution in [3.63, 3.8) is 0 Å². The van der Waals surface area contributed by atoms with Crippen LogP contribution < -0.4 is 40.3 Å². The number of aromatic nitrogens is 3. The Morgan fingerprint density at radius 2 is 1.97 bits per heavy atom. The molecule has 0 aliphatic carbocycles. The van der Waals surface area contributed by atoms with Gasteiger partial charge in [-0.05, 0) is 12.5 Å². The second-order valence-corrected chi connectivity index (χ2v) is 11.4. The number of halogens is 2. The molecule has 2 aromatic rings. The average molecular weight is 572 g/mol. The van der Waals surface area contributed by atoms with Crippen molar-refractivity contribution in [2.75, 3.05) is 11.5 Å². The number of nitrogens with one attached hydrogen (secondary N) is 1. The molecule has 4 rings (SSSR count). The van der Waals surface area contributed by atoms with Crippen LogP contribution >= 0.6 is 58.1 Å². The van der Waals surface area contributed by atoms with Crippen LogP contribution in [0.2, 0.25) is 10.0 Å². The van der Waals surface area contributed by atoms with Gasteiger partial charge < -0.3 is 16.4 Å². The summed E-state index contributed by atoms with van der Waals surface area (Å²) in [6.07, 6.45) is 2.54. The first-order chi connectivity index (χ1) is 15.7. The van der Waals surface area contributed by atoms with E-state index >= 15 is 0 Å². The first kappa shape index (κ1) is 27.5. The molecule has 2 aliphatic rings. The summed E-state index contributed by atoms with van der Waals surface area (Å²) in [5, 5.41) is 20.4. The third-order valence-electron chi connectivity index (χ3n) is 4.76. The van der Waals surface area contributed by atoms with Crippen molar-refractivity contribution in [1.29, 1.82) is 0 Å². The summed E-state index contributed by atoms with van der Waals surface area (Å²) in [4.78, 5) is 50.0. The average Bonchev–Trinajstić information content (AvgIpc) is 3.18. The molecule has 1 saturated heterocycles. The monoisotopic (exact) mass is 571 g/mol. The van der Waals surface area contributed by atoms with E-state index < -0.39 is 34.6 Å². The molecule has 0 radical (unpaired) electrons. The fourth-order valence-corrected chi connectivity index (χ4v) is 7.12. The summed E-state index contributed by atoms with van der Waals surface area (Å²) in [6, 6.07) is -0.859. The van der Waals surface area contributed by atoms with Crippen molar-refractivity contribution in [2.24, 2.45) is 0 Å². The van der Waals surface area contributed by atoms with Gasteiger partial charge in [-0.25, -0.2) is 4.79 Å². The second kappa shape index (κ2) is 11.3. The third kappa shape index (κ3) is 5.67. The van der Waals surface area contributed by atoms with Crippen LogP contribution in [0, 0.1) is 6.92 Å². The second-order valence-electron chi connectivity index (χ2n) is 7.04. The fourth-order valence-electron chi connectivity index (χ4n) is 3.32. The Labute approximate surface area is 239 Å². The summed E-state index contributed by atoms with van der Waals surface area (Å²) in [6.45, 7) is 1.62. The third-order valence-corrected chi connectivity index (χ3v) is 8.70. The van der Waals surface area contributed by atoms with E-state index in [2.05, 4.69) is 15.5 Å². The van der Waals surface area contributed by atoms with Gasteiger partial charge in [-0.15, -0.1) is 22.0 Å². The van der Waals surface area contributed by atoms with Crippen LogP contribution in [0.4, 0.5) is 0 Å². The minimum atomic E-state index is -1.19. The molecule has 10 nitrogen and oxygen atoms in total. The summed E-state index contributed by atoms with van der Waals surface area (Å²) in [5.41, 5.74) is 0.0147. The number of hydrogen-bond donors (Lipinski definition) is 2. The number of aryl methyl sites for hydroxylation is 1. The van der Waals surface area contributed by atoms with Gasteiger partial charge >= 0.3 is 35.5 Å². The number of rotatable bonds is 7. The Kier molecular flexibility index (Phi) is 9.18. The van der Waals surface area contributed by atoms with E-state index in [1.165, 1.54) is 56.7 Å². The number of carbonyl (C=O) groups excluding carboxylic acids is 2. The van der Waals surface area contributed by atoms with Gasteiger partial charge in [0.1, 0.15) is 38.7 Å². The number of amides is 2. The maximum Gasteiger partial charge on any atom is 1.00 e. The van der Waals surface area contributed by atoms with E-state index in [1.807, 2.05) is 6.92 Å². The SMILES string of the molecule is Cc1nnc(SCC2=C(C(=O)O)N3C(=O)[C@@H](NC(=O)Cn4cc(Cl)c(=O)c(Cl)c4)[C@H]3SC2)s1.[H-].[Na+]. The maximum atomic E-state index is 12.8. The zero-order valence-electron chi connectivity index (χ0n) is 18.8. The molecule has 0 aromatic carbocycles. The summed E-state index contributed by atoms with van der Waals surface area (Å²) >= 11 is 15.8. The van der Waals surface area contributed by atoms with Crippen LogP contribution in [0.1, 0.15) is 6.43 Å². The molecule has 0 bridgehead atoms. The van der Waals surface area contributed by atoms with Crippen LogP contribution in [0.25, 0.3) is 0 Å². The summed E-state index contributed by atoms with van der Waals surface area (Å²) in [5.74, 6) is -1.43. The predicted molar refractivity (Wildman–Crippen MR) is 127 cm³/mol. The molecule has 2 atom stereocenters. The number of nitrogens with zero attached hydrogens (tertiary/aromatic N) is 4. The standard InChI is InChI=1S/C18H15Cl2N5O5S3.Na.H/c1-7-22-23-18(33-7)32-6-8-5-31-16-12(15(28)25(16)13(8)17(29)30)21-11(26)4-24-2-9(19)14(27)10(20)3-24;;/h2-3,12,16H,4-6H2,1H3,(H,21,26)(H,29,30);;/q;+1;-1/t12-,16-;;/m1../s1. The zero-order valence-corrected chi connectivity index (χ0v) is 23.7. The molecule has 2 aliphatic heterocycles. The number of carboxylic acids is 1. The minimum absolute atomic E-state index is 0. The van der Waals surface area contributed by atoms with Crippen molar-refractivity contribution in [3.05, 3.63) is 48.9 Å². The van der Waals surface area contributed by atoms with Gasteiger partial charge in [0, 0.05) is 23.9 Å². The summed E-state index contributed by atoms with van der Waals surface area (Å²) in [7, 11) is 0.